The molecule has 0 fully saturated rings. The van der Waals surface area contributed by atoms with E-state index in [1.54, 1.807) is 0 Å². The molecular weight excluding hydrogens is 388 g/mol. The Balaban J connectivity index is 1.50. The zero-order chi connectivity index (χ0) is 20.4. The summed E-state index contributed by atoms with van der Waals surface area (Å²) in [6.07, 6.45) is 0. The Morgan fingerprint density at radius 2 is 1.83 bits per heavy atom. The number of hydrogen-bond acceptors (Lipinski definition) is 5. The summed E-state index contributed by atoms with van der Waals surface area (Å²) >= 11 is 6.15. The van der Waals surface area contributed by atoms with Crippen LogP contribution in [-0.4, -0.2) is 19.6 Å². The van der Waals surface area contributed by atoms with Gasteiger partial charge in [-0.15, -0.1) is 0 Å². The number of nitrogens with one attached hydrogen (secondary N) is 3. The van der Waals surface area contributed by atoms with E-state index in [1.165, 1.54) is 16.1 Å². The Hall–Kier alpha value is -3.32. The van der Waals surface area contributed by atoms with Crippen molar-refractivity contribution in [1.82, 2.24) is 19.6 Å². The summed E-state index contributed by atoms with van der Waals surface area (Å²) in [7, 11) is 0. The van der Waals surface area contributed by atoms with E-state index >= 15 is 0 Å². The molecule has 0 radical (unpaired) electrons. The van der Waals surface area contributed by atoms with Gasteiger partial charge in [0.2, 0.25) is 5.95 Å². The minimum atomic E-state index is -0.217. The van der Waals surface area contributed by atoms with Gasteiger partial charge in [0.15, 0.2) is 0 Å². The SMILES string of the molecule is Cc1ccc(CNc2nc3nc(CNc4cccc(Cl)c4C)cc(=O)n3[nH]2)cc1. The molecular formula is C21H21ClN6O. The second-order valence-corrected chi connectivity index (χ2v) is 7.31. The van der Waals surface area contributed by atoms with Crippen LogP contribution in [0, 0.1) is 13.8 Å². The summed E-state index contributed by atoms with van der Waals surface area (Å²) in [6.45, 7) is 4.98. The van der Waals surface area contributed by atoms with Crippen molar-refractivity contribution in [1.29, 1.82) is 0 Å². The van der Waals surface area contributed by atoms with Crippen LogP contribution < -0.4 is 16.2 Å². The Kier molecular flexibility index (Phi) is 5.22. The molecule has 3 N–H and O–H groups in total. The number of H-pyrrole nitrogens is 1. The molecule has 7 nitrogen and oxygen atoms in total. The number of aromatic nitrogens is 4. The molecule has 0 saturated carbocycles. The van der Waals surface area contributed by atoms with E-state index in [0.29, 0.717) is 35.5 Å². The number of aromatic amines is 1. The summed E-state index contributed by atoms with van der Waals surface area (Å²) < 4.78 is 1.33. The van der Waals surface area contributed by atoms with Crippen LogP contribution >= 0.6 is 11.6 Å². The Morgan fingerprint density at radius 1 is 1.03 bits per heavy atom. The molecule has 4 rings (SSSR count). The van der Waals surface area contributed by atoms with Gasteiger partial charge in [0.25, 0.3) is 11.3 Å². The maximum atomic E-state index is 12.4. The molecule has 0 atom stereocenters. The zero-order valence-electron chi connectivity index (χ0n) is 16.2. The van der Waals surface area contributed by atoms with Crippen molar-refractivity contribution in [3.8, 4) is 0 Å². The van der Waals surface area contributed by atoms with E-state index in [1.807, 2.05) is 25.1 Å². The first-order chi connectivity index (χ1) is 14.0. The highest BCUT2D eigenvalue weighted by atomic mass is 35.5. The van der Waals surface area contributed by atoms with E-state index in [-0.39, 0.29) is 5.56 Å². The van der Waals surface area contributed by atoms with Gasteiger partial charge in [-0.1, -0.05) is 47.5 Å². The molecule has 0 spiro atoms. The largest absolute Gasteiger partial charge is 0.379 e. The average Bonchev–Trinajstić information content (AvgIpc) is 3.12. The first kappa shape index (κ1) is 19.0. The van der Waals surface area contributed by atoms with Crippen LogP contribution in [0.4, 0.5) is 11.6 Å². The fraction of sp³-hybridized carbons (Fsp3) is 0.190. The third kappa shape index (κ3) is 4.25. The lowest BCUT2D eigenvalue weighted by Crippen LogP contribution is -2.17. The molecule has 0 unspecified atom stereocenters. The lowest BCUT2D eigenvalue weighted by Gasteiger charge is -2.10. The van der Waals surface area contributed by atoms with Crippen molar-refractivity contribution in [2.75, 3.05) is 10.6 Å². The van der Waals surface area contributed by atoms with Crippen molar-refractivity contribution in [2.45, 2.75) is 26.9 Å². The molecule has 0 aliphatic heterocycles. The smallest absolute Gasteiger partial charge is 0.274 e. The first-order valence-corrected chi connectivity index (χ1v) is 9.64. The van der Waals surface area contributed by atoms with Gasteiger partial charge >= 0.3 is 0 Å². The van der Waals surface area contributed by atoms with Crippen LogP contribution in [0.2, 0.25) is 5.02 Å². The molecule has 0 saturated heterocycles. The molecule has 4 aromatic rings. The number of nitrogens with zero attached hydrogens (tertiary/aromatic N) is 3. The molecule has 2 heterocycles. The van der Waals surface area contributed by atoms with Gasteiger partial charge in [-0.25, -0.2) is 4.98 Å². The van der Waals surface area contributed by atoms with E-state index in [4.69, 9.17) is 11.6 Å². The molecule has 2 aromatic heterocycles. The number of hydrogen-bond donors (Lipinski definition) is 3. The summed E-state index contributed by atoms with van der Waals surface area (Å²) in [5.41, 5.74) is 4.58. The van der Waals surface area contributed by atoms with Gasteiger partial charge in [-0.2, -0.15) is 9.50 Å². The van der Waals surface area contributed by atoms with Gasteiger partial charge in [0.1, 0.15) is 0 Å². The molecule has 148 valence electrons. The molecule has 29 heavy (non-hydrogen) atoms. The lowest BCUT2D eigenvalue weighted by atomic mass is 10.1. The molecule has 0 amide bonds. The first-order valence-electron chi connectivity index (χ1n) is 9.27. The van der Waals surface area contributed by atoms with Crippen molar-refractivity contribution in [2.24, 2.45) is 0 Å². The number of aryl methyl sites for hydroxylation is 1. The predicted octanol–water partition coefficient (Wildman–Crippen LogP) is 3.91. The monoisotopic (exact) mass is 408 g/mol. The maximum Gasteiger partial charge on any atom is 0.274 e. The van der Waals surface area contributed by atoms with Gasteiger partial charge in [-0.3, -0.25) is 9.89 Å². The quantitative estimate of drug-likeness (QED) is 0.450. The third-order valence-electron chi connectivity index (χ3n) is 4.69. The van der Waals surface area contributed by atoms with Crippen LogP contribution in [-0.2, 0) is 13.1 Å². The zero-order valence-corrected chi connectivity index (χ0v) is 16.9. The topological polar surface area (TPSA) is 87.1 Å². The van der Waals surface area contributed by atoms with Gasteiger partial charge in [-0.05, 0) is 37.1 Å². The standard InChI is InChI=1S/C21H21ClN6O/c1-13-6-8-15(9-7-13)11-24-20-26-21-25-16(10-19(29)28(21)27-20)12-23-18-5-3-4-17(22)14(18)2/h3-10,23H,11-12H2,1-2H3,(H2,24,25,26,27). The van der Waals surface area contributed by atoms with E-state index in [0.717, 1.165) is 16.8 Å². The summed E-state index contributed by atoms with van der Waals surface area (Å²) in [4.78, 5) is 21.3. The lowest BCUT2D eigenvalue weighted by molar-refractivity contribution is 0.874. The number of rotatable bonds is 6. The highest BCUT2D eigenvalue weighted by Crippen LogP contribution is 2.23. The summed E-state index contributed by atoms with van der Waals surface area (Å²) in [5, 5.41) is 10.1. The minimum absolute atomic E-state index is 0.217. The third-order valence-corrected chi connectivity index (χ3v) is 5.10. The van der Waals surface area contributed by atoms with Crippen LogP contribution in [0.15, 0.2) is 53.3 Å². The average molecular weight is 409 g/mol. The molecule has 8 heteroatoms. The van der Waals surface area contributed by atoms with Crippen LogP contribution in [0.1, 0.15) is 22.4 Å². The Bertz CT molecular complexity index is 1210. The van der Waals surface area contributed by atoms with Gasteiger partial charge in [0, 0.05) is 23.3 Å². The fourth-order valence-corrected chi connectivity index (χ4v) is 3.15. The number of halogens is 1. The molecule has 2 aromatic carbocycles. The minimum Gasteiger partial charge on any atom is -0.379 e. The van der Waals surface area contributed by atoms with Crippen molar-refractivity contribution < 1.29 is 0 Å². The number of anilines is 2. The van der Waals surface area contributed by atoms with Crippen molar-refractivity contribution in [3.63, 3.8) is 0 Å². The Labute approximate surface area is 172 Å². The summed E-state index contributed by atoms with van der Waals surface area (Å²) in [5.74, 6) is 0.814. The van der Waals surface area contributed by atoms with Crippen molar-refractivity contribution >= 4 is 29.0 Å². The van der Waals surface area contributed by atoms with Crippen LogP contribution in [0.25, 0.3) is 5.78 Å². The predicted molar refractivity (Wildman–Crippen MR) is 116 cm³/mol. The molecule has 0 bridgehead atoms. The second kappa shape index (κ2) is 7.97. The van der Waals surface area contributed by atoms with Gasteiger partial charge in [0.05, 0.1) is 12.2 Å². The van der Waals surface area contributed by atoms with Gasteiger partial charge < -0.3 is 10.6 Å². The number of benzene rings is 2. The van der Waals surface area contributed by atoms with E-state index in [9.17, 15) is 4.79 Å². The van der Waals surface area contributed by atoms with Crippen LogP contribution in [0.5, 0.6) is 0 Å². The molecule has 0 aliphatic rings. The maximum absolute atomic E-state index is 12.4. The van der Waals surface area contributed by atoms with Crippen LogP contribution in [0.3, 0.4) is 0 Å². The highest BCUT2D eigenvalue weighted by Gasteiger charge is 2.09. The number of fused-ring (bicyclic) bond motifs is 1. The fourth-order valence-electron chi connectivity index (χ4n) is 2.97. The van der Waals surface area contributed by atoms with E-state index in [2.05, 4.69) is 56.9 Å². The van der Waals surface area contributed by atoms with E-state index < -0.39 is 0 Å². The Morgan fingerprint density at radius 3 is 2.62 bits per heavy atom. The van der Waals surface area contributed by atoms with Crippen molar-refractivity contribution in [3.05, 3.63) is 86.3 Å². The normalized spacial score (nSPS) is 11.0. The summed E-state index contributed by atoms with van der Waals surface area (Å²) in [6, 6.07) is 15.4. The highest BCUT2D eigenvalue weighted by molar-refractivity contribution is 6.31. The second-order valence-electron chi connectivity index (χ2n) is 6.90. The molecule has 0 aliphatic carbocycles.